The summed E-state index contributed by atoms with van der Waals surface area (Å²) < 4.78 is 0. The zero-order chi connectivity index (χ0) is 13.0. The Bertz CT molecular complexity index is 496. The zero-order valence-corrected chi connectivity index (χ0v) is 11.1. The van der Waals surface area contributed by atoms with Gasteiger partial charge in [0.1, 0.15) is 0 Å². The molecule has 2 rings (SSSR count). The Morgan fingerprint density at radius 3 is 1.94 bits per heavy atom. The first-order valence-electron chi connectivity index (χ1n) is 5.58. The fraction of sp³-hybridized carbons (Fsp3) is 0.143. The van der Waals surface area contributed by atoms with Gasteiger partial charge >= 0.3 is 0 Å². The van der Waals surface area contributed by atoms with Crippen LogP contribution in [0.15, 0.2) is 48.5 Å². The summed E-state index contributed by atoms with van der Waals surface area (Å²) in [5.41, 5.74) is 1.76. The van der Waals surface area contributed by atoms with E-state index in [0.717, 1.165) is 11.3 Å². The van der Waals surface area contributed by atoms with Crippen LogP contribution in [0.1, 0.15) is 11.7 Å². The van der Waals surface area contributed by atoms with Gasteiger partial charge < -0.3 is 10.4 Å². The largest absolute Gasteiger partial charge is 0.387 e. The van der Waals surface area contributed by atoms with Crippen molar-refractivity contribution in [2.24, 2.45) is 0 Å². The smallest absolute Gasteiger partial charge is 0.0962 e. The van der Waals surface area contributed by atoms with E-state index < -0.39 is 6.10 Å². The molecule has 2 nitrogen and oxygen atoms in total. The highest BCUT2D eigenvalue weighted by Crippen LogP contribution is 2.18. The molecule has 0 spiro atoms. The van der Waals surface area contributed by atoms with Gasteiger partial charge in [-0.25, -0.2) is 0 Å². The van der Waals surface area contributed by atoms with Crippen LogP contribution in [0.3, 0.4) is 0 Å². The van der Waals surface area contributed by atoms with Crippen molar-refractivity contribution in [3.63, 3.8) is 0 Å². The minimum absolute atomic E-state index is 0.434. The second-order valence-corrected chi connectivity index (χ2v) is 4.83. The van der Waals surface area contributed by atoms with Crippen LogP contribution in [0.4, 0.5) is 5.69 Å². The average molecular weight is 282 g/mol. The first-order chi connectivity index (χ1) is 8.65. The van der Waals surface area contributed by atoms with Crippen molar-refractivity contribution in [1.29, 1.82) is 0 Å². The van der Waals surface area contributed by atoms with Crippen LogP contribution in [-0.2, 0) is 0 Å². The van der Waals surface area contributed by atoms with E-state index in [9.17, 15) is 5.11 Å². The molecule has 0 heterocycles. The number of hydrogen-bond donors (Lipinski definition) is 2. The van der Waals surface area contributed by atoms with Crippen molar-refractivity contribution in [2.45, 2.75) is 6.10 Å². The fourth-order valence-electron chi connectivity index (χ4n) is 1.59. The molecule has 0 fully saturated rings. The van der Waals surface area contributed by atoms with Crippen molar-refractivity contribution in [2.75, 3.05) is 11.9 Å². The van der Waals surface area contributed by atoms with Crippen molar-refractivity contribution < 1.29 is 5.11 Å². The third kappa shape index (κ3) is 3.64. The molecule has 2 N–H and O–H groups in total. The molecule has 1 atom stereocenters. The van der Waals surface area contributed by atoms with Gasteiger partial charge in [-0.2, -0.15) is 0 Å². The highest BCUT2D eigenvalue weighted by atomic mass is 35.5. The van der Waals surface area contributed by atoms with Gasteiger partial charge in [-0.15, -0.1) is 0 Å². The molecular weight excluding hydrogens is 269 g/mol. The average Bonchev–Trinajstić information content (AvgIpc) is 2.38. The Hall–Kier alpha value is -1.22. The predicted octanol–water partition coefficient (Wildman–Crippen LogP) is 4.14. The van der Waals surface area contributed by atoms with E-state index >= 15 is 0 Å². The van der Waals surface area contributed by atoms with Crippen LogP contribution in [0, 0.1) is 0 Å². The first kappa shape index (κ1) is 13.2. The summed E-state index contributed by atoms with van der Waals surface area (Å²) in [7, 11) is 0. The van der Waals surface area contributed by atoms with Gasteiger partial charge in [-0.05, 0) is 42.0 Å². The third-order valence-electron chi connectivity index (χ3n) is 2.60. The Kier molecular flexibility index (Phi) is 4.48. The summed E-state index contributed by atoms with van der Waals surface area (Å²) in [6.07, 6.45) is -0.571. The van der Waals surface area contributed by atoms with Crippen molar-refractivity contribution in [3.05, 3.63) is 64.1 Å². The molecule has 4 heteroatoms. The molecule has 94 valence electrons. The molecule has 2 aromatic carbocycles. The maximum atomic E-state index is 10.00. The SMILES string of the molecule is OC(CNc1ccc(Cl)cc1)c1ccc(Cl)cc1. The first-order valence-corrected chi connectivity index (χ1v) is 6.34. The normalized spacial score (nSPS) is 12.2. The number of hydrogen-bond acceptors (Lipinski definition) is 2. The van der Waals surface area contributed by atoms with Crippen molar-refractivity contribution in [1.82, 2.24) is 0 Å². The lowest BCUT2D eigenvalue weighted by Gasteiger charge is -2.13. The molecule has 0 saturated carbocycles. The van der Waals surface area contributed by atoms with Gasteiger partial charge in [0.05, 0.1) is 6.10 Å². The highest BCUT2D eigenvalue weighted by Gasteiger charge is 2.06. The third-order valence-corrected chi connectivity index (χ3v) is 3.10. The summed E-state index contributed by atoms with van der Waals surface area (Å²) in [6.45, 7) is 0.434. The molecule has 18 heavy (non-hydrogen) atoms. The van der Waals surface area contributed by atoms with E-state index in [4.69, 9.17) is 23.2 Å². The molecule has 0 aromatic heterocycles. The second kappa shape index (κ2) is 6.10. The number of halogens is 2. The van der Waals surface area contributed by atoms with Gasteiger partial charge in [-0.1, -0.05) is 35.3 Å². The molecule has 1 unspecified atom stereocenters. The van der Waals surface area contributed by atoms with Crippen LogP contribution in [0.25, 0.3) is 0 Å². The topological polar surface area (TPSA) is 32.3 Å². The minimum atomic E-state index is -0.571. The Morgan fingerprint density at radius 1 is 0.889 bits per heavy atom. The molecule has 0 bridgehead atoms. The highest BCUT2D eigenvalue weighted by molar-refractivity contribution is 6.30. The number of nitrogens with one attached hydrogen (secondary N) is 1. The molecule has 2 aromatic rings. The molecule has 0 aliphatic carbocycles. The van der Waals surface area contributed by atoms with Gasteiger partial charge in [0.25, 0.3) is 0 Å². The number of anilines is 1. The number of benzene rings is 2. The number of rotatable bonds is 4. The summed E-state index contributed by atoms with van der Waals surface area (Å²) in [4.78, 5) is 0. The zero-order valence-electron chi connectivity index (χ0n) is 9.61. The van der Waals surface area contributed by atoms with Gasteiger partial charge in [0.2, 0.25) is 0 Å². The summed E-state index contributed by atoms with van der Waals surface area (Å²) in [6, 6.07) is 14.5. The van der Waals surface area contributed by atoms with E-state index in [1.807, 2.05) is 24.3 Å². The molecule has 0 saturated heterocycles. The second-order valence-electron chi connectivity index (χ2n) is 3.96. The maximum Gasteiger partial charge on any atom is 0.0962 e. The van der Waals surface area contributed by atoms with Crippen LogP contribution in [-0.4, -0.2) is 11.7 Å². The Balaban J connectivity index is 1.93. The van der Waals surface area contributed by atoms with E-state index in [1.54, 1.807) is 24.3 Å². The van der Waals surface area contributed by atoms with Gasteiger partial charge in [-0.3, -0.25) is 0 Å². The molecular formula is C14H13Cl2NO. The van der Waals surface area contributed by atoms with E-state index in [0.29, 0.717) is 16.6 Å². The molecule has 0 aliphatic heterocycles. The standard InChI is InChI=1S/C14H13Cl2NO/c15-11-3-1-10(2-4-11)14(18)9-17-13-7-5-12(16)6-8-13/h1-8,14,17-18H,9H2. The van der Waals surface area contributed by atoms with E-state index in [-0.39, 0.29) is 0 Å². The monoisotopic (exact) mass is 281 g/mol. The Labute approximate surface area is 116 Å². The van der Waals surface area contributed by atoms with E-state index in [2.05, 4.69) is 5.32 Å². The number of aliphatic hydroxyl groups is 1. The predicted molar refractivity (Wildman–Crippen MR) is 76.4 cm³/mol. The number of aliphatic hydroxyl groups excluding tert-OH is 1. The van der Waals surface area contributed by atoms with Crippen molar-refractivity contribution in [3.8, 4) is 0 Å². The Morgan fingerprint density at radius 2 is 1.39 bits per heavy atom. The quantitative estimate of drug-likeness (QED) is 0.883. The lowest BCUT2D eigenvalue weighted by atomic mass is 10.1. The van der Waals surface area contributed by atoms with Crippen molar-refractivity contribution >= 4 is 28.9 Å². The lowest BCUT2D eigenvalue weighted by molar-refractivity contribution is 0.191. The van der Waals surface area contributed by atoms with Gasteiger partial charge in [0.15, 0.2) is 0 Å². The van der Waals surface area contributed by atoms with Crippen LogP contribution in [0.2, 0.25) is 10.0 Å². The molecule has 0 radical (unpaired) electrons. The maximum absolute atomic E-state index is 10.00. The van der Waals surface area contributed by atoms with Gasteiger partial charge in [0, 0.05) is 22.3 Å². The molecule has 0 amide bonds. The lowest BCUT2D eigenvalue weighted by Crippen LogP contribution is -2.11. The van der Waals surface area contributed by atoms with Crippen LogP contribution < -0.4 is 5.32 Å². The minimum Gasteiger partial charge on any atom is -0.387 e. The van der Waals surface area contributed by atoms with Crippen LogP contribution >= 0.6 is 23.2 Å². The van der Waals surface area contributed by atoms with E-state index in [1.165, 1.54) is 0 Å². The molecule has 0 aliphatic rings. The fourth-order valence-corrected chi connectivity index (χ4v) is 1.84. The summed E-state index contributed by atoms with van der Waals surface area (Å²) in [5.74, 6) is 0. The van der Waals surface area contributed by atoms with Crippen LogP contribution in [0.5, 0.6) is 0 Å². The summed E-state index contributed by atoms with van der Waals surface area (Å²) in [5, 5.41) is 14.5. The summed E-state index contributed by atoms with van der Waals surface area (Å²) >= 11 is 11.6.